The van der Waals surface area contributed by atoms with Gasteiger partial charge in [0.15, 0.2) is 5.17 Å². The second kappa shape index (κ2) is 9.12. The summed E-state index contributed by atoms with van der Waals surface area (Å²) in [5, 5.41) is 12.3. The fourth-order valence-corrected chi connectivity index (χ4v) is 3.46. The number of rotatable bonds is 5. The second-order valence-corrected chi connectivity index (χ2v) is 7.68. The molecule has 1 heterocycles. The lowest BCUT2D eigenvalue weighted by Crippen LogP contribution is -2.28. The third kappa shape index (κ3) is 5.93. The van der Waals surface area contributed by atoms with Crippen LogP contribution >= 0.6 is 11.8 Å². The molecule has 1 saturated heterocycles. The van der Waals surface area contributed by atoms with Crippen LogP contribution in [-0.2, 0) is 15.8 Å². The predicted octanol–water partition coefficient (Wildman–Crippen LogP) is 3.96. The Morgan fingerprint density at radius 2 is 1.97 bits per heavy atom. The van der Waals surface area contributed by atoms with Crippen LogP contribution in [0.3, 0.4) is 0 Å². The second-order valence-electron chi connectivity index (χ2n) is 6.49. The summed E-state index contributed by atoms with van der Waals surface area (Å²) in [6, 6.07) is 11.9. The van der Waals surface area contributed by atoms with Gasteiger partial charge in [-0.05, 0) is 30.7 Å². The van der Waals surface area contributed by atoms with Gasteiger partial charge in [-0.1, -0.05) is 47.7 Å². The summed E-state index contributed by atoms with van der Waals surface area (Å²) in [5.74, 6) is -0.991. The van der Waals surface area contributed by atoms with Gasteiger partial charge in [-0.25, -0.2) is 0 Å². The molecule has 0 bridgehead atoms. The summed E-state index contributed by atoms with van der Waals surface area (Å²) in [6.07, 6.45) is -3.19. The van der Waals surface area contributed by atoms with Gasteiger partial charge in [0.05, 0.1) is 11.8 Å². The van der Waals surface area contributed by atoms with E-state index in [0.29, 0.717) is 0 Å². The summed E-state index contributed by atoms with van der Waals surface area (Å²) < 4.78 is 38.3. The fourth-order valence-electron chi connectivity index (χ4n) is 2.54. The third-order valence-corrected chi connectivity index (χ3v) is 5.13. The third-order valence-electron chi connectivity index (χ3n) is 4.05. The molecule has 2 amide bonds. The van der Waals surface area contributed by atoms with Gasteiger partial charge >= 0.3 is 6.18 Å². The zero-order valence-electron chi connectivity index (χ0n) is 15.7. The number of carbonyl (C=O) groups is 2. The number of carbonyl (C=O) groups excluding carboxylic acids is 2. The molecule has 0 aliphatic carbocycles. The molecule has 30 heavy (non-hydrogen) atoms. The molecule has 0 radical (unpaired) electrons. The van der Waals surface area contributed by atoms with E-state index in [4.69, 9.17) is 0 Å². The number of amides is 2. The van der Waals surface area contributed by atoms with E-state index in [0.717, 1.165) is 35.0 Å². The van der Waals surface area contributed by atoms with E-state index in [-0.39, 0.29) is 17.3 Å². The van der Waals surface area contributed by atoms with Crippen molar-refractivity contribution in [1.82, 2.24) is 5.32 Å². The molecule has 6 nitrogen and oxygen atoms in total. The minimum Gasteiger partial charge on any atom is -0.326 e. The van der Waals surface area contributed by atoms with Gasteiger partial charge in [0.2, 0.25) is 11.8 Å². The summed E-state index contributed by atoms with van der Waals surface area (Å²) in [4.78, 5) is 24.2. The zero-order chi connectivity index (χ0) is 21.7. The number of hydrogen-bond acceptors (Lipinski definition) is 5. The van der Waals surface area contributed by atoms with Crippen LogP contribution in [0, 0.1) is 6.92 Å². The largest absolute Gasteiger partial charge is 0.416 e. The molecule has 1 aliphatic rings. The molecule has 1 aliphatic heterocycles. The summed E-state index contributed by atoms with van der Waals surface area (Å²) >= 11 is 1.04. The Bertz CT molecular complexity index is 1000. The number of anilines is 1. The highest BCUT2D eigenvalue weighted by molar-refractivity contribution is 8.15. The number of nitrogens with zero attached hydrogens (tertiary/aromatic N) is 2. The van der Waals surface area contributed by atoms with Gasteiger partial charge < -0.3 is 10.6 Å². The standard InChI is InChI=1S/C20H17F3N4O2S/c1-12-5-7-13(8-6-12)11-24-27-19-26-18(29)16(30-19)10-17(28)25-15-4-2-3-14(9-15)20(21,22)23/h2-9,11,16H,10H2,1H3,(H,25,28)(H,26,27,29). The van der Waals surface area contributed by atoms with Crippen molar-refractivity contribution in [3.05, 3.63) is 65.2 Å². The molecule has 156 valence electrons. The predicted molar refractivity (Wildman–Crippen MR) is 110 cm³/mol. The number of thioether (sulfide) groups is 1. The van der Waals surface area contributed by atoms with E-state index < -0.39 is 28.8 Å². The molecule has 10 heteroatoms. The van der Waals surface area contributed by atoms with Crippen molar-refractivity contribution >= 4 is 40.6 Å². The van der Waals surface area contributed by atoms with Gasteiger partial charge in [-0.2, -0.15) is 18.3 Å². The van der Waals surface area contributed by atoms with E-state index in [1.54, 1.807) is 0 Å². The minimum absolute atomic E-state index is 0.00909. The summed E-state index contributed by atoms with van der Waals surface area (Å²) in [7, 11) is 0. The van der Waals surface area contributed by atoms with Crippen molar-refractivity contribution in [3.8, 4) is 0 Å². The van der Waals surface area contributed by atoms with Gasteiger partial charge in [-0.3, -0.25) is 9.59 Å². The average Bonchev–Trinajstić information content (AvgIpc) is 3.02. The molecular weight excluding hydrogens is 417 g/mol. The van der Waals surface area contributed by atoms with Crippen molar-refractivity contribution in [2.45, 2.75) is 24.8 Å². The highest BCUT2D eigenvalue weighted by atomic mass is 32.2. The smallest absolute Gasteiger partial charge is 0.326 e. The van der Waals surface area contributed by atoms with Gasteiger partial charge in [0.1, 0.15) is 5.25 Å². The topological polar surface area (TPSA) is 82.9 Å². The highest BCUT2D eigenvalue weighted by Gasteiger charge is 2.33. The first-order valence-electron chi connectivity index (χ1n) is 8.83. The molecule has 2 aromatic carbocycles. The number of amidine groups is 1. The van der Waals surface area contributed by atoms with Gasteiger partial charge in [0, 0.05) is 12.1 Å². The Morgan fingerprint density at radius 1 is 1.23 bits per heavy atom. The SMILES string of the molecule is Cc1ccc(C=N/N=C2/NC(=O)C(CC(=O)Nc3cccc(C(F)(F)F)c3)S2)cc1. The maximum Gasteiger partial charge on any atom is 0.416 e. The summed E-state index contributed by atoms with van der Waals surface area (Å²) in [5.41, 5.74) is 1.10. The fraction of sp³-hybridized carbons (Fsp3) is 0.200. The van der Waals surface area contributed by atoms with Crippen LogP contribution in [0.25, 0.3) is 0 Å². The molecule has 1 atom stereocenters. The number of halogens is 3. The summed E-state index contributed by atoms with van der Waals surface area (Å²) in [6.45, 7) is 1.97. The quantitative estimate of drug-likeness (QED) is 0.552. The Balaban J connectivity index is 1.56. The van der Waals surface area contributed by atoms with Crippen LogP contribution in [0.4, 0.5) is 18.9 Å². The number of hydrogen-bond donors (Lipinski definition) is 2. The maximum atomic E-state index is 12.8. The molecule has 3 rings (SSSR count). The first-order chi connectivity index (χ1) is 14.2. The normalized spacial score (nSPS) is 18.1. The average molecular weight is 434 g/mol. The Morgan fingerprint density at radius 3 is 2.67 bits per heavy atom. The van der Waals surface area contributed by atoms with Crippen molar-refractivity contribution in [3.63, 3.8) is 0 Å². The lowest BCUT2D eigenvalue weighted by atomic mass is 10.2. The molecular formula is C20H17F3N4O2S. The maximum absolute atomic E-state index is 12.8. The Kier molecular flexibility index (Phi) is 6.56. The Labute approximate surface area is 174 Å². The van der Waals surface area contributed by atoms with Gasteiger partial charge in [-0.15, -0.1) is 5.10 Å². The van der Waals surface area contributed by atoms with E-state index in [9.17, 15) is 22.8 Å². The van der Waals surface area contributed by atoms with Crippen molar-refractivity contribution in [2.75, 3.05) is 5.32 Å². The van der Waals surface area contributed by atoms with Crippen LogP contribution in [0.15, 0.2) is 58.7 Å². The number of nitrogens with one attached hydrogen (secondary N) is 2. The highest BCUT2D eigenvalue weighted by Crippen LogP contribution is 2.31. The van der Waals surface area contributed by atoms with Crippen LogP contribution < -0.4 is 10.6 Å². The zero-order valence-corrected chi connectivity index (χ0v) is 16.6. The molecule has 1 unspecified atom stereocenters. The number of benzene rings is 2. The number of aryl methyl sites for hydroxylation is 1. The van der Waals surface area contributed by atoms with Crippen molar-refractivity contribution in [1.29, 1.82) is 0 Å². The van der Waals surface area contributed by atoms with E-state index in [2.05, 4.69) is 20.8 Å². The van der Waals surface area contributed by atoms with E-state index in [1.165, 1.54) is 18.3 Å². The van der Waals surface area contributed by atoms with Crippen LogP contribution in [0.1, 0.15) is 23.1 Å². The van der Waals surface area contributed by atoms with E-state index in [1.807, 2.05) is 31.2 Å². The molecule has 0 saturated carbocycles. The molecule has 0 aromatic heterocycles. The molecule has 2 aromatic rings. The molecule has 2 N–H and O–H groups in total. The van der Waals surface area contributed by atoms with Gasteiger partial charge in [0.25, 0.3) is 0 Å². The van der Waals surface area contributed by atoms with Crippen molar-refractivity contribution < 1.29 is 22.8 Å². The van der Waals surface area contributed by atoms with E-state index >= 15 is 0 Å². The first-order valence-corrected chi connectivity index (χ1v) is 9.71. The van der Waals surface area contributed by atoms with Crippen molar-refractivity contribution in [2.24, 2.45) is 10.2 Å². The lowest BCUT2D eigenvalue weighted by molar-refractivity contribution is -0.137. The molecule has 0 spiro atoms. The number of alkyl halides is 3. The molecule has 1 fully saturated rings. The Hall–Kier alpha value is -3.14. The first kappa shape index (κ1) is 21.6. The van der Waals surface area contributed by atoms with Crippen LogP contribution in [0.2, 0.25) is 0 Å². The minimum atomic E-state index is -4.51. The monoisotopic (exact) mass is 434 g/mol. The van der Waals surface area contributed by atoms with Crippen LogP contribution in [0.5, 0.6) is 0 Å². The lowest BCUT2D eigenvalue weighted by Gasteiger charge is -2.10. The van der Waals surface area contributed by atoms with Crippen LogP contribution in [-0.4, -0.2) is 28.4 Å².